The maximum atomic E-state index is 11.6. The normalized spacial score (nSPS) is 10.6. The Balaban J connectivity index is 0. The second-order valence-corrected chi connectivity index (χ2v) is 8.50. The van der Waals surface area contributed by atoms with Crippen molar-refractivity contribution in [3.05, 3.63) is 0 Å². The van der Waals surface area contributed by atoms with Gasteiger partial charge in [-0.3, -0.25) is 39.4 Å². The summed E-state index contributed by atoms with van der Waals surface area (Å²) in [6, 6.07) is 0. The molecule has 0 aromatic carbocycles. The Kier molecular flexibility index (Phi) is 28.0. The van der Waals surface area contributed by atoms with Gasteiger partial charge in [0, 0.05) is 13.1 Å². The van der Waals surface area contributed by atoms with Gasteiger partial charge in [0.05, 0.1) is 92.1 Å². The maximum Gasteiger partial charge on any atom is 0.490 e. The van der Waals surface area contributed by atoms with Crippen molar-refractivity contribution in [1.29, 1.82) is 0 Å². The number of ether oxygens (including phenoxy) is 4. The van der Waals surface area contributed by atoms with Crippen LogP contribution >= 0.6 is 0 Å². The summed E-state index contributed by atoms with van der Waals surface area (Å²) in [5, 5.41) is 38.6. The van der Waals surface area contributed by atoms with Gasteiger partial charge >= 0.3 is 24.1 Å². The zero-order valence-electron chi connectivity index (χ0n) is 25.3. The van der Waals surface area contributed by atoms with E-state index in [0.717, 1.165) is 0 Å². The van der Waals surface area contributed by atoms with Crippen LogP contribution in [-0.4, -0.2) is 168 Å². The van der Waals surface area contributed by atoms with Crippen LogP contribution in [0.5, 0.6) is 0 Å². The summed E-state index contributed by atoms with van der Waals surface area (Å²) >= 11 is 0. The predicted octanol–water partition coefficient (Wildman–Crippen LogP) is -4.50. The number of carboxylic acid groups (broad SMARTS) is 3. The highest BCUT2D eigenvalue weighted by atomic mass is 19.4. The van der Waals surface area contributed by atoms with Gasteiger partial charge in [-0.15, -0.1) is 0 Å². The molecule has 0 spiro atoms. The van der Waals surface area contributed by atoms with E-state index < -0.39 is 47.7 Å². The first kappa shape index (κ1) is 45.0. The minimum Gasteiger partial charge on any atom is -0.480 e. The first-order valence-electron chi connectivity index (χ1n) is 13.7. The summed E-state index contributed by atoms with van der Waals surface area (Å²) < 4.78 is 53.0. The zero-order valence-corrected chi connectivity index (χ0v) is 25.3. The highest BCUT2D eigenvalue weighted by Crippen LogP contribution is 2.13. The molecule has 0 atom stereocenters. The topological polar surface area (TPSA) is 289 Å². The first-order chi connectivity index (χ1) is 22.1. The molecule has 272 valence electrons. The van der Waals surface area contributed by atoms with Crippen LogP contribution in [0.15, 0.2) is 0 Å². The Hall–Kier alpha value is -4.16. The van der Waals surface area contributed by atoms with E-state index in [1.807, 2.05) is 0 Å². The Morgan fingerprint density at radius 1 is 0.447 bits per heavy atom. The van der Waals surface area contributed by atoms with Gasteiger partial charge in [0.25, 0.3) is 0 Å². The molecule has 0 unspecified atom stereocenters. The van der Waals surface area contributed by atoms with Crippen molar-refractivity contribution in [3.63, 3.8) is 0 Å². The van der Waals surface area contributed by atoms with Crippen LogP contribution in [0.1, 0.15) is 0 Å². The quantitative estimate of drug-likeness (QED) is 0.0366. The molecule has 0 saturated carbocycles. The van der Waals surface area contributed by atoms with E-state index in [2.05, 4.69) is 31.9 Å². The molecule has 0 heterocycles. The lowest BCUT2D eigenvalue weighted by Gasteiger charge is -2.09. The molecule has 47 heavy (non-hydrogen) atoms. The lowest BCUT2D eigenvalue weighted by molar-refractivity contribution is -0.192. The second kappa shape index (κ2) is 29.3. The van der Waals surface area contributed by atoms with Crippen molar-refractivity contribution >= 4 is 41.5 Å². The smallest absolute Gasteiger partial charge is 0.480 e. The van der Waals surface area contributed by atoms with Crippen molar-refractivity contribution in [1.82, 2.24) is 31.9 Å². The molecule has 4 amide bonds. The number of carbonyl (C=O) groups is 7. The summed E-state index contributed by atoms with van der Waals surface area (Å²) in [6.07, 6.45) is -5.08. The highest BCUT2D eigenvalue weighted by Gasteiger charge is 2.38. The number of rotatable bonds is 27. The molecule has 0 radical (unpaired) electrons. The lowest BCUT2D eigenvalue weighted by Crippen LogP contribution is -2.42. The molecule has 0 saturated heterocycles. The molecule has 20 nitrogen and oxygen atoms in total. The van der Waals surface area contributed by atoms with Gasteiger partial charge in [-0.2, -0.15) is 13.2 Å². The molecule has 0 bridgehead atoms. The van der Waals surface area contributed by atoms with Crippen LogP contribution in [0.3, 0.4) is 0 Å². The van der Waals surface area contributed by atoms with Gasteiger partial charge in [0.1, 0.15) is 0 Å². The van der Waals surface area contributed by atoms with Crippen LogP contribution in [0.25, 0.3) is 0 Å². The Bertz CT molecular complexity index is 897. The molecule has 0 aromatic heterocycles. The number of halogens is 3. The number of aliphatic carboxylic acids is 3. The predicted molar refractivity (Wildman–Crippen MR) is 150 cm³/mol. The van der Waals surface area contributed by atoms with Gasteiger partial charge in [0.15, 0.2) is 0 Å². The molecule has 23 heteroatoms. The third kappa shape index (κ3) is 36.2. The van der Waals surface area contributed by atoms with Crippen molar-refractivity contribution in [2.24, 2.45) is 0 Å². The Labute approximate surface area is 266 Å². The molecular weight excluding hydrogens is 653 g/mol. The van der Waals surface area contributed by atoms with E-state index in [9.17, 15) is 41.9 Å². The SMILES string of the molecule is O=C(O)C(F)(F)F.O=C(O)CNCC(=O)NCC(=O)NCCOCCOCCOCCOCCNC(=O)CNC(=O)CNCC(=O)O. The number of nitrogens with one attached hydrogen (secondary N) is 6. The molecule has 0 aliphatic rings. The molecule has 0 aliphatic carbocycles. The van der Waals surface area contributed by atoms with E-state index in [1.54, 1.807) is 0 Å². The van der Waals surface area contributed by atoms with Crippen molar-refractivity contribution in [3.8, 4) is 0 Å². The number of carboxylic acids is 3. The fourth-order valence-corrected chi connectivity index (χ4v) is 2.46. The third-order valence-electron chi connectivity index (χ3n) is 4.51. The van der Waals surface area contributed by atoms with Crippen LogP contribution in [0.2, 0.25) is 0 Å². The standard InChI is InChI=1S/C22H40N6O12.C2HF3O2/c29-17(11-23-15-21(33)34)27-13-19(31)25-1-3-37-5-7-39-9-10-40-8-6-38-4-2-26-20(32)14-28-18(30)12-24-16-22(35)36;3-2(4,5)1(6)7/h23-24H,1-16H2,(H,25,31)(H,26,32)(H,27,29)(H,28,30)(H,33,34)(H,35,36);(H,6,7). The van der Waals surface area contributed by atoms with E-state index in [1.165, 1.54) is 0 Å². The zero-order chi connectivity index (χ0) is 35.9. The minimum absolute atomic E-state index is 0.201. The summed E-state index contributed by atoms with van der Waals surface area (Å²) in [6.45, 7) is 1.52. The van der Waals surface area contributed by atoms with E-state index in [4.69, 9.17) is 39.1 Å². The van der Waals surface area contributed by atoms with E-state index in [0.29, 0.717) is 39.6 Å². The summed E-state index contributed by atoms with van der Waals surface area (Å²) in [4.78, 5) is 75.5. The number of hydrogen-bond donors (Lipinski definition) is 9. The summed E-state index contributed by atoms with van der Waals surface area (Å²) in [5.74, 6) is -6.70. The fourth-order valence-electron chi connectivity index (χ4n) is 2.46. The average molecular weight is 695 g/mol. The summed E-state index contributed by atoms with van der Waals surface area (Å²) in [7, 11) is 0. The number of carbonyl (C=O) groups excluding carboxylic acids is 4. The molecule has 0 aliphatic heterocycles. The average Bonchev–Trinajstić information content (AvgIpc) is 2.98. The maximum absolute atomic E-state index is 11.6. The van der Waals surface area contributed by atoms with Gasteiger partial charge < -0.3 is 55.5 Å². The molecular formula is C24H41F3N6O14. The summed E-state index contributed by atoms with van der Waals surface area (Å²) in [5.41, 5.74) is 0. The van der Waals surface area contributed by atoms with Crippen molar-refractivity contribution in [2.45, 2.75) is 6.18 Å². The molecule has 0 fully saturated rings. The Morgan fingerprint density at radius 3 is 1.00 bits per heavy atom. The van der Waals surface area contributed by atoms with Crippen molar-refractivity contribution < 1.29 is 81.0 Å². The van der Waals surface area contributed by atoms with Gasteiger partial charge in [-0.25, -0.2) is 4.79 Å². The number of alkyl halides is 3. The van der Waals surface area contributed by atoms with Gasteiger partial charge in [-0.1, -0.05) is 0 Å². The van der Waals surface area contributed by atoms with Crippen LogP contribution in [0.4, 0.5) is 13.2 Å². The largest absolute Gasteiger partial charge is 0.490 e. The van der Waals surface area contributed by atoms with Crippen LogP contribution in [-0.2, 0) is 52.5 Å². The third-order valence-corrected chi connectivity index (χ3v) is 4.51. The number of hydrogen-bond acceptors (Lipinski definition) is 13. The monoisotopic (exact) mass is 694 g/mol. The van der Waals surface area contributed by atoms with Crippen LogP contribution < -0.4 is 31.9 Å². The van der Waals surface area contributed by atoms with E-state index >= 15 is 0 Å². The van der Waals surface area contributed by atoms with E-state index in [-0.39, 0.29) is 65.6 Å². The molecule has 0 aromatic rings. The van der Waals surface area contributed by atoms with Crippen LogP contribution in [0, 0.1) is 0 Å². The second-order valence-electron chi connectivity index (χ2n) is 8.50. The fraction of sp³-hybridized carbons (Fsp3) is 0.708. The highest BCUT2D eigenvalue weighted by molar-refractivity contribution is 5.86. The van der Waals surface area contributed by atoms with Gasteiger partial charge in [-0.05, 0) is 0 Å². The van der Waals surface area contributed by atoms with Gasteiger partial charge in [0.2, 0.25) is 23.6 Å². The minimum atomic E-state index is -5.08. The Morgan fingerprint density at radius 2 is 0.723 bits per heavy atom. The van der Waals surface area contributed by atoms with Crippen molar-refractivity contribution in [2.75, 3.05) is 105 Å². The lowest BCUT2D eigenvalue weighted by atomic mass is 10.5. The first-order valence-corrected chi connectivity index (χ1v) is 13.7. The molecule has 0 rings (SSSR count). The molecule has 9 N–H and O–H groups in total. The number of amides is 4.